The predicted molar refractivity (Wildman–Crippen MR) is 149 cm³/mol. The summed E-state index contributed by atoms with van der Waals surface area (Å²) < 4.78 is 11.4. The highest BCUT2D eigenvalue weighted by atomic mass is 16.5. The smallest absolute Gasteiger partial charge is 0.412 e. The average Bonchev–Trinajstić information content (AvgIpc) is 3.47. The lowest BCUT2D eigenvalue weighted by atomic mass is 9.99. The fourth-order valence-electron chi connectivity index (χ4n) is 3.94. The van der Waals surface area contributed by atoms with Crippen molar-refractivity contribution < 1.29 is 23.6 Å². The standard InChI is InChI=1S/C29H30N6O6/c1-4-22-32-27(41-34-22)25(37)24(18(2)3)33-23(36)16-35-26(20-13-9-6-10-14-20)30-15-21(28(35)38)31-29(39)40-17-19-11-7-5-8-12-19/h5-15,18,24H,4,16-17H2,1-3H3,(H,31,39)(H,33,36). The van der Waals surface area contributed by atoms with Crippen LogP contribution in [-0.4, -0.2) is 43.5 Å². The fraction of sp³-hybridized carbons (Fsp3) is 0.276. The molecule has 0 fully saturated rings. The number of benzene rings is 2. The molecule has 0 radical (unpaired) electrons. The molecule has 0 saturated carbocycles. The molecule has 2 amide bonds. The third-order valence-electron chi connectivity index (χ3n) is 6.09. The second kappa shape index (κ2) is 13.3. The summed E-state index contributed by atoms with van der Waals surface area (Å²) in [5.41, 5.74) is 0.493. The topological polar surface area (TPSA) is 158 Å². The first-order chi connectivity index (χ1) is 19.8. The number of Topliss-reactive ketones (excluding diaryl/α,β-unsaturated/α-hetero) is 1. The van der Waals surface area contributed by atoms with Crippen LogP contribution in [0.1, 0.15) is 42.8 Å². The highest BCUT2D eigenvalue weighted by molar-refractivity contribution is 5.98. The number of carbonyl (C=O) groups is 3. The van der Waals surface area contributed by atoms with Crippen molar-refractivity contribution in [2.75, 3.05) is 5.32 Å². The molecule has 2 aromatic carbocycles. The molecule has 12 nitrogen and oxygen atoms in total. The van der Waals surface area contributed by atoms with Crippen molar-refractivity contribution in [2.45, 2.75) is 46.4 Å². The molecule has 0 bridgehead atoms. The van der Waals surface area contributed by atoms with Gasteiger partial charge in [0.05, 0.1) is 12.2 Å². The Labute approximate surface area is 235 Å². The quantitative estimate of drug-likeness (QED) is 0.262. The summed E-state index contributed by atoms with van der Waals surface area (Å²) in [5, 5.41) is 8.83. The zero-order valence-corrected chi connectivity index (χ0v) is 22.9. The molecule has 41 heavy (non-hydrogen) atoms. The Bertz CT molecular complexity index is 1570. The van der Waals surface area contributed by atoms with Gasteiger partial charge in [-0.15, -0.1) is 0 Å². The SMILES string of the molecule is CCc1noc(C(=O)C(NC(=O)Cn2c(-c3ccccc3)ncc(NC(=O)OCc3ccccc3)c2=O)C(C)C)n1. The van der Waals surface area contributed by atoms with E-state index in [0.29, 0.717) is 17.8 Å². The molecular weight excluding hydrogens is 528 g/mol. The highest BCUT2D eigenvalue weighted by Crippen LogP contribution is 2.17. The fourth-order valence-corrected chi connectivity index (χ4v) is 3.94. The Balaban J connectivity index is 1.56. The van der Waals surface area contributed by atoms with Gasteiger partial charge in [-0.2, -0.15) is 4.98 Å². The van der Waals surface area contributed by atoms with Crippen molar-refractivity contribution in [3.05, 3.63) is 94.5 Å². The number of aromatic nitrogens is 4. The van der Waals surface area contributed by atoms with Gasteiger partial charge in [0.2, 0.25) is 11.7 Å². The maximum Gasteiger partial charge on any atom is 0.412 e. The van der Waals surface area contributed by atoms with Gasteiger partial charge in [-0.3, -0.25) is 24.3 Å². The van der Waals surface area contributed by atoms with Crippen LogP contribution in [0.25, 0.3) is 11.4 Å². The molecular formula is C29H30N6O6. The van der Waals surface area contributed by atoms with Gasteiger partial charge in [0, 0.05) is 12.0 Å². The molecule has 212 valence electrons. The van der Waals surface area contributed by atoms with E-state index < -0.39 is 35.9 Å². The van der Waals surface area contributed by atoms with Crippen molar-refractivity contribution in [3.8, 4) is 11.4 Å². The summed E-state index contributed by atoms with van der Waals surface area (Å²) >= 11 is 0. The third kappa shape index (κ3) is 7.29. The molecule has 0 aliphatic heterocycles. The van der Waals surface area contributed by atoms with Gasteiger partial charge in [0.1, 0.15) is 24.7 Å². The lowest BCUT2D eigenvalue weighted by Crippen LogP contribution is -2.46. The molecule has 12 heteroatoms. The van der Waals surface area contributed by atoms with Crippen molar-refractivity contribution in [3.63, 3.8) is 0 Å². The number of nitrogens with zero attached hydrogens (tertiary/aromatic N) is 4. The number of rotatable bonds is 11. The molecule has 2 N–H and O–H groups in total. The number of hydrogen-bond donors (Lipinski definition) is 2. The molecule has 0 saturated heterocycles. The van der Waals surface area contributed by atoms with Crippen LogP contribution in [0.5, 0.6) is 0 Å². The van der Waals surface area contributed by atoms with Crippen LogP contribution in [0.2, 0.25) is 0 Å². The average molecular weight is 559 g/mol. The Morgan fingerprint density at radius 1 is 1.02 bits per heavy atom. The zero-order chi connectivity index (χ0) is 29.4. The minimum Gasteiger partial charge on any atom is -0.444 e. The molecule has 1 unspecified atom stereocenters. The van der Waals surface area contributed by atoms with Crippen molar-refractivity contribution in [1.29, 1.82) is 0 Å². The highest BCUT2D eigenvalue weighted by Gasteiger charge is 2.30. The van der Waals surface area contributed by atoms with Gasteiger partial charge in [-0.05, 0) is 11.5 Å². The van der Waals surface area contributed by atoms with Gasteiger partial charge in [0.15, 0.2) is 5.82 Å². The number of anilines is 1. The largest absolute Gasteiger partial charge is 0.444 e. The van der Waals surface area contributed by atoms with Gasteiger partial charge in [-0.25, -0.2) is 9.78 Å². The molecule has 0 aliphatic carbocycles. The molecule has 1 atom stereocenters. The molecule has 4 aromatic rings. The van der Waals surface area contributed by atoms with Crippen LogP contribution in [0.15, 0.2) is 76.2 Å². The summed E-state index contributed by atoms with van der Waals surface area (Å²) in [4.78, 5) is 60.6. The summed E-state index contributed by atoms with van der Waals surface area (Å²) in [7, 11) is 0. The monoisotopic (exact) mass is 558 g/mol. The third-order valence-corrected chi connectivity index (χ3v) is 6.09. The summed E-state index contributed by atoms with van der Waals surface area (Å²) in [5.74, 6) is -1.11. The van der Waals surface area contributed by atoms with Gasteiger partial charge in [-0.1, -0.05) is 86.6 Å². The first kappa shape index (κ1) is 28.9. The molecule has 0 aliphatic rings. The van der Waals surface area contributed by atoms with Crippen molar-refractivity contribution in [2.24, 2.45) is 5.92 Å². The first-order valence-electron chi connectivity index (χ1n) is 13.1. The van der Waals surface area contributed by atoms with E-state index in [-0.39, 0.29) is 29.9 Å². The normalized spacial score (nSPS) is 11.6. The second-order valence-electron chi connectivity index (χ2n) is 9.46. The number of carbonyl (C=O) groups excluding carboxylic acids is 3. The van der Waals surface area contributed by atoms with E-state index in [4.69, 9.17) is 9.26 Å². The molecule has 0 spiro atoms. The maximum atomic E-state index is 13.5. The zero-order valence-electron chi connectivity index (χ0n) is 22.9. The van der Waals surface area contributed by atoms with Crippen LogP contribution < -0.4 is 16.2 Å². The minimum absolute atomic E-state index is 0.00319. The van der Waals surface area contributed by atoms with E-state index >= 15 is 0 Å². The molecule has 4 rings (SSSR count). The summed E-state index contributed by atoms with van der Waals surface area (Å²) in [6.45, 7) is 4.86. The van der Waals surface area contributed by atoms with Crippen LogP contribution in [0.3, 0.4) is 0 Å². The van der Waals surface area contributed by atoms with Crippen LogP contribution in [0.4, 0.5) is 10.5 Å². The number of ketones is 1. The molecule has 2 heterocycles. The van der Waals surface area contributed by atoms with Crippen LogP contribution in [0, 0.1) is 5.92 Å². The predicted octanol–water partition coefficient (Wildman–Crippen LogP) is 3.63. The van der Waals surface area contributed by atoms with E-state index in [1.807, 2.05) is 25.1 Å². The number of nitrogens with one attached hydrogen (secondary N) is 2. The van der Waals surface area contributed by atoms with Crippen molar-refractivity contribution >= 4 is 23.5 Å². The van der Waals surface area contributed by atoms with E-state index in [0.717, 1.165) is 10.1 Å². The minimum atomic E-state index is -0.981. The van der Waals surface area contributed by atoms with Gasteiger partial charge >= 0.3 is 6.09 Å². The number of hydrogen-bond acceptors (Lipinski definition) is 9. The van der Waals surface area contributed by atoms with E-state index in [2.05, 4.69) is 25.8 Å². The van der Waals surface area contributed by atoms with E-state index in [1.54, 1.807) is 56.3 Å². The maximum absolute atomic E-state index is 13.5. The number of aryl methyl sites for hydroxylation is 1. The van der Waals surface area contributed by atoms with Crippen LogP contribution >= 0.6 is 0 Å². The Hall–Kier alpha value is -5.13. The van der Waals surface area contributed by atoms with Crippen molar-refractivity contribution in [1.82, 2.24) is 25.0 Å². The number of amides is 2. The second-order valence-corrected chi connectivity index (χ2v) is 9.46. The Kier molecular flexibility index (Phi) is 9.35. The Morgan fingerprint density at radius 2 is 1.71 bits per heavy atom. The van der Waals surface area contributed by atoms with Gasteiger partial charge in [0.25, 0.3) is 11.4 Å². The van der Waals surface area contributed by atoms with E-state index in [1.165, 1.54) is 6.20 Å². The lowest BCUT2D eigenvalue weighted by Gasteiger charge is -2.20. The first-order valence-corrected chi connectivity index (χ1v) is 13.1. The van der Waals surface area contributed by atoms with E-state index in [9.17, 15) is 19.2 Å². The Morgan fingerprint density at radius 3 is 2.34 bits per heavy atom. The molecule has 2 aromatic heterocycles. The van der Waals surface area contributed by atoms with Gasteiger partial charge < -0.3 is 14.6 Å². The summed E-state index contributed by atoms with van der Waals surface area (Å²) in [6, 6.07) is 16.9. The number of ether oxygens (including phenoxy) is 1. The lowest BCUT2D eigenvalue weighted by molar-refractivity contribution is -0.122. The van der Waals surface area contributed by atoms with Crippen LogP contribution in [-0.2, 0) is 29.1 Å². The summed E-state index contributed by atoms with van der Waals surface area (Å²) in [6.07, 6.45) is 0.842.